The molecule has 0 spiro atoms. The van der Waals surface area contributed by atoms with Crippen LogP contribution in [0.1, 0.15) is 35.2 Å². The Morgan fingerprint density at radius 1 is 0.724 bits per heavy atom. The number of unbranched alkanes of at least 4 members (excludes halogenated alkanes) is 1. The highest BCUT2D eigenvalue weighted by molar-refractivity contribution is 6.06. The van der Waals surface area contributed by atoms with E-state index in [1.54, 1.807) is 0 Å². The van der Waals surface area contributed by atoms with Crippen LogP contribution in [0.4, 0.5) is 5.69 Å². The van der Waals surface area contributed by atoms with Gasteiger partial charge < -0.3 is 4.90 Å². The van der Waals surface area contributed by atoms with E-state index in [1.165, 1.54) is 10.6 Å². The van der Waals surface area contributed by atoms with Gasteiger partial charge in [-0.2, -0.15) is 0 Å². The van der Waals surface area contributed by atoms with Crippen LogP contribution in [0.15, 0.2) is 54.6 Å². The highest BCUT2D eigenvalue weighted by Gasteiger charge is 2.27. The van der Waals surface area contributed by atoms with E-state index < -0.39 is 0 Å². The molecule has 0 aromatic heterocycles. The fourth-order valence-corrected chi connectivity index (χ4v) is 4.28. The molecule has 0 N–H and O–H groups in total. The lowest BCUT2D eigenvalue weighted by atomic mass is 10.0. The number of rotatable bonds is 6. The number of anilines is 1. The Bertz CT molecular complexity index is 844. The molecular weight excluding hydrogens is 362 g/mol. The topological polar surface area (TPSA) is 43.9 Å². The van der Waals surface area contributed by atoms with Crippen LogP contribution in [-0.4, -0.2) is 60.9 Å². The molecule has 0 saturated carbocycles. The number of carbonyl (C=O) groups excluding carboxylic acids is 2. The van der Waals surface area contributed by atoms with E-state index in [1.807, 2.05) is 24.3 Å². The molecule has 0 unspecified atom stereocenters. The second kappa shape index (κ2) is 9.23. The van der Waals surface area contributed by atoms with Crippen LogP contribution >= 0.6 is 0 Å². The number of hydrogen-bond donors (Lipinski definition) is 0. The van der Waals surface area contributed by atoms with Crippen molar-refractivity contribution in [2.75, 3.05) is 44.2 Å². The zero-order chi connectivity index (χ0) is 20.1. The highest BCUT2D eigenvalue weighted by Crippen LogP contribution is 2.20. The van der Waals surface area contributed by atoms with Gasteiger partial charge in [0.25, 0.3) is 5.91 Å². The first-order valence-electron chi connectivity index (χ1n) is 10.7. The molecule has 29 heavy (non-hydrogen) atoms. The monoisotopic (exact) mass is 391 g/mol. The summed E-state index contributed by atoms with van der Waals surface area (Å²) < 4.78 is 0. The maximum atomic E-state index is 12.8. The van der Waals surface area contributed by atoms with E-state index >= 15 is 0 Å². The maximum Gasteiger partial charge on any atom is 0.260 e. The van der Waals surface area contributed by atoms with Crippen LogP contribution in [0.25, 0.3) is 0 Å². The summed E-state index contributed by atoms with van der Waals surface area (Å²) in [4.78, 5) is 31.6. The summed E-state index contributed by atoms with van der Waals surface area (Å²) in [7, 11) is 0. The third kappa shape index (κ3) is 4.67. The lowest BCUT2D eigenvalue weighted by Gasteiger charge is -2.36. The van der Waals surface area contributed by atoms with Crippen molar-refractivity contribution >= 4 is 17.5 Å². The number of para-hydroxylation sites is 1. The first-order chi connectivity index (χ1) is 14.2. The minimum absolute atomic E-state index is 0.0392. The van der Waals surface area contributed by atoms with Gasteiger partial charge in [0.05, 0.1) is 0 Å². The number of carbonyl (C=O) groups is 2. The molecule has 1 fully saturated rings. The van der Waals surface area contributed by atoms with E-state index in [4.69, 9.17) is 0 Å². The number of imide groups is 1. The molecule has 152 valence electrons. The lowest BCUT2D eigenvalue weighted by Crippen LogP contribution is -2.46. The molecule has 0 radical (unpaired) electrons. The first kappa shape index (κ1) is 19.6. The highest BCUT2D eigenvalue weighted by atomic mass is 16.2. The Balaban J connectivity index is 1.23. The van der Waals surface area contributed by atoms with Gasteiger partial charge in [0.15, 0.2) is 0 Å². The van der Waals surface area contributed by atoms with Crippen LogP contribution in [0.5, 0.6) is 0 Å². The SMILES string of the molecule is O=C1CCc2ccccc2C(=O)N1CCCCN1CCN(c2ccccc2)CC1. The largest absolute Gasteiger partial charge is 0.369 e. The summed E-state index contributed by atoms with van der Waals surface area (Å²) >= 11 is 0. The molecule has 2 aliphatic heterocycles. The second-order valence-electron chi connectivity index (χ2n) is 7.88. The molecule has 0 atom stereocenters. The van der Waals surface area contributed by atoms with Gasteiger partial charge in [-0.05, 0) is 49.6 Å². The smallest absolute Gasteiger partial charge is 0.260 e. The fourth-order valence-electron chi connectivity index (χ4n) is 4.28. The Kier molecular flexibility index (Phi) is 6.25. The van der Waals surface area contributed by atoms with E-state index in [2.05, 4.69) is 40.1 Å². The summed E-state index contributed by atoms with van der Waals surface area (Å²) in [5, 5.41) is 0. The van der Waals surface area contributed by atoms with Crippen molar-refractivity contribution in [3.63, 3.8) is 0 Å². The van der Waals surface area contributed by atoms with Gasteiger partial charge in [-0.3, -0.25) is 19.4 Å². The zero-order valence-corrected chi connectivity index (χ0v) is 16.9. The van der Waals surface area contributed by atoms with Crippen molar-refractivity contribution in [2.45, 2.75) is 25.7 Å². The van der Waals surface area contributed by atoms with Crippen molar-refractivity contribution in [1.82, 2.24) is 9.80 Å². The molecule has 2 aromatic rings. The van der Waals surface area contributed by atoms with Crippen LogP contribution in [0.3, 0.4) is 0 Å². The number of hydrogen-bond acceptors (Lipinski definition) is 4. The van der Waals surface area contributed by atoms with Crippen LogP contribution in [0.2, 0.25) is 0 Å². The molecular formula is C24H29N3O2. The summed E-state index contributed by atoms with van der Waals surface area (Å²) in [6.45, 7) is 5.76. The predicted molar refractivity (Wildman–Crippen MR) is 115 cm³/mol. The quantitative estimate of drug-likeness (QED) is 0.560. The van der Waals surface area contributed by atoms with Crippen LogP contribution < -0.4 is 4.90 Å². The third-order valence-corrected chi connectivity index (χ3v) is 6.00. The maximum absolute atomic E-state index is 12.8. The van der Waals surface area contributed by atoms with E-state index in [-0.39, 0.29) is 11.8 Å². The van der Waals surface area contributed by atoms with Gasteiger partial charge in [-0.25, -0.2) is 0 Å². The number of aryl methyl sites for hydroxylation is 1. The molecule has 5 nitrogen and oxygen atoms in total. The van der Waals surface area contributed by atoms with Gasteiger partial charge in [0.1, 0.15) is 0 Å². The zero-order valence-electron chi connectivity index (χ0n) is 16.9. The van der Waals surface area contributed by atoms with Gasteiger partial charge in [0.2, 0.25) is 5.91 Å². The lowest BCUT2D eigenvalue weighted by molar-refractivity contribution is -0.128. The molecule has 2 aliphatic rings. The van der Waals surface area contributed by atoms with Crippen molar-refractivity contribution in [1.29, 1.82) is 0 Å². The van der Waals surface area contributed by atoms with E-state index in [9.17, 15) is 9.59 Å². The molecule has 1 saturated heterocycles. The standard InChI is InChI=1S/C24H29N3O2/c28-23-13-12-20-8-4-5-11-22(20)24(29)27(23)15-7-6-14-25-16-18-26(19-17-25)21-9-2-1-3-10-21/h1-5,8-11H,6-7,12-19H2. The molecule has 5 heteroatoms. The second-order valence-corrected chi connectivity index (χ2v) is 7.88. The molecule has 4 rings (SSSR count). The summed E-state index contributed by atoms with van der Waals surface area (Å²) in [5.41, 5.74) is 2.98. The van der Waals surface area contributed by atoms with Gasteiger partial charge >= 0.3 is 0 Å². The minimum Gasteiger partial charge on any atom is -0.369 e. The molecule has 2 heterocycles. The fraction of sp³-hybridized carbons (Fsp3) is 0.417. The number of nitrogens with zero attached hydrogens (tertiary/aromatic N) is 3. The number of piperazine rings is 1. The average Bonchev–Trinajstić information content (AvgIpc) is 2.89. The molecule has 2 amide bonds. The Labute approximate surface area is 172 Å². The van der Waals surface area contributed by atoms with Gasteiger partial charge in [-0.1, -0.05) is 36.4 Å². The predicted octanol–water partition coefficient (Wildman–Crippen LogP) is 3.20. The van der Waals surface area contributed by atoms with Crippen LogP contribution in [-0.2, 0) is 11.2 Å². The third-order valence-electron chi connectivity index (χ3n) is 6.00. The number of amides is 2. The van der Waals surface area contributed by atoms with E-state index in [0.29, 0.717) is 24.9 Å². The van der Waals surface area contributed by atoms with E-state index in [0.717, 1.165) is 51.1 Å². The summed E-state index contributed by atoms with van der Waals surface area (Å²) in [6, 6.07) is 18.2. The summed E-state index contributed by atoms with van der Waals surface area (Å²) in [6.07, 6.45) is 2.94. The summed E-state index contributed by atoms with van der Waals surface area (Å²) in [5.74, 6) is -0.165. The number of benzene rings is 2. The van der Waals surface area contributed by atoms with Crippen molar-refractivity contribution in [3.05, 3.63) is 65.7 Å². The minimum atomic E-state index is -0.125. The Morgan fingerprint density at radius 2 is 1.41 bits per heavy atom. The van der Waals surface area contributed by atoms with Crippen molar-refractivity contribution < 1.29 is 9.59 Å². The Morgan fingerprint density at radius 3 is 2.21 bits per heavy atom. The van der Waals surface area contributed by atoms with Crippen molar-refractivity contribution in [3.8, 4) is 0 Å². The van der Waals surface area contributed by atoms with Gasteiger partial charge in [0, 0.05) is 50.4 Å². The number of fused-ring (bicyclic) bond motifs is 1. The average molecular weight is 392 g/mol. The van der Waals surface area contributed by atoms with Crippen LogP contribution in [0, 0.1) is 0 Å². The first-order valence-corrected chi connectivity index (χ1v) is 10.7. The molecule has 0 aliphatic carbocycles. The normalized spacial score (nSPS) is 17.9. The van der Waals surface area contributed by atoms with Crippen molar-refractivity contribution in [2.24, 2.45) is 0 Å². The molecule has 2 aromatic carbocycles. The molecule has 0 bridgehead atoms. The van der Waals surface area contributed by atoms with Gasteiger partial charge in [-0.15, -0.1) is 0 Å². The Hall–Kier alpha value is -2.66.